The Morgan fingerprint density at radius 1 is 1.20 bits per heavy atom. The van der Waals surface area contributed by atoms with Crippen LogP contribution in [0.4, 0.5) is 0 Å². The van der Waals surface area contributed by atoms with E-state index < -0.39 is 0 Å². The Morgan fingerprint density at radius 2 is 1.87 bits per heavy atom. The first kappa shape index (κ1) is 13.0. The summed E-state index contributed by atoms with van der Waals surface area (Å²) in [5.74, 6) is 0. The van der Waals surface area contributed by atoms with Crippen molar-refractivity contribution in [3.63, 3.8) is 0 Å². The Bertz CT molecular complexity index is 175. The lowest BCUT2D eigenvalue weighted by Gasteiger charge is -2.43. The smallest absolute Gasteiger partial charge is 0.0331 e. The Morgan fingerprint density at radius 3 is 2.33 bits per heavy atom. The van der Waals surface area contributed by atoms with Crippen molar-refractivity contribution in [2.45, 2.75) is 65.0 Å². The van der Waals surface area contributed by atoms with Gasteiger partial charge >= 0.3 is 0 Å². The molecule has 1 aliphatic heterocycles. The summed E-state index contributed by atoms with van der Waals surface area (Å²) in [6.07, 6.45) is 5.26. The van der Waals surface area contributed by atoms with E-state index >= 15 is 0 Å². The lowest BCUT2D eigenvalue weighted by atomic mass is 9.83. The third kappa shape index (κ3) is 2.54. The average molecular weight is 212 g/mol. The van der Waals surface area contributed by atoms with Crippen LogP contribution in [-0.2, 0) is 0 Å². The summed E-state index contributed by atoms with van der Waals surface area (Å²) in [6, 6.07) is 0.762. The number of likely N-dealkylation sites (N-methyl/N-ethyl adjacent to an activating group) is 2. The zero-order chi connectivity index (χ0) is 11.3. The Balaban J connectivity index is 2.77. The van der Waals surface area contributed by atoms with Gasteiger partial charge in [0.25, 0.3) is 0 Å². The van der Waals surface area contributed by atoms with E-state index in [4.69, 9.17) is 0 Å². The number of nitrogens with zero attached hydrogens (tertiary/aromatic N) is 1. The molecule has 0 amide bonds. The molecule has 1 aliphatic rings. The lowest BCUT2D eigenvalue weighted by molar-refractivity contribution is 0.127. The normalized spacial score (nSPS) is 23.6. The quantitative estimate of drug-likeness (QED) is 0.728. The Hall–Kier alpha value is -0.0800. The van der Waals surface area contributed by atoms with Gasteiger partial charge in [-0.05, 0) is 45.3 Å². The highest BCUT2D eigenvalue weighted by Gasteiger charge is 2.40. The van der Waals surface area contributed by atoms with Gasteiger partial charge in [0, 0.05) is 11.6 Å². The molecule has 0 saturated carbocycles. The zero-order valence-corrected chi connectivity index (χ0v) is 11.0. The van der Waals surface area contributed by atoms with Crippen LogP contribution in [-0.4, -0.2) is 36.1 Å². The molecule has 1 unspecified atom stereocenters. The van der Waals surface area contributed by atoms with Crippen LogP contribution in [0.15, 0.2) is 0 Å². The fourth-order valence-electron chi connectivity index (χ4n) is 3.27. The van der Waals surface area contributed by atoms with Gasteiger partial charge in [-0.1, -0.05) is 27.7 Å². The van der Waals surface area contributed by atoms with Gasteiger partial charge in [-0.3, -0.25) is 4.90 Å². The molecule has 2 heteroatoms. The number of rotatable bonds is 6. The molecular formula is C13H28N2. The van der Waals surface area contributed by atoms with Crippen molar-refractivity contribution in [2.24, 2.45) is 0 Å². The van der Waals surface area contributed by atoms with Crippen molar-refractivity contribution in [1.29, 1.82) is 0 Å². The van der Waals surface area contributed by atoms with Gasteiger partial charge in [0.05, 0.1) is 0 Å². The number of hydrogen-bond donors (Lipinski definition) is 1. The molecule has 0 aromatic carbocycles. The second-order valence-corrected chi connectivity index (χ2v) is 4.68. The van der Waals surface area contributed by atoms with Gasteiger partial charge in [-0.15, -0.1) is 0 Å². The zero-order valence-electron chi connectivity index (χ0n) is 11.0. The first-order chi connectivity index (χ1) is 7.24. The molecule has 2 nitrogen and oxygen atoms in total. The minimum atomic E-state index is 0.362. The van der Waals surface area contributed by atoms with Crippen LogP contribution in [0.1, 0.15) is 53.4 Å². The largest absolute Gasteiger partial charge is 0.310 e. The van der Waals surface area contributed by atoms with E-state index in [1.165, 1.54) is 38.8 Å². The SMILES string of the molecule is CCNC(CC)(CC)C1CCCN1CC. The fourth-order valence-corrected chi connectivity index (χ4v) is 3.27. The highest BCUT2D eigenvalue weighted by molar-refractivity contribution is 5.00. The average Bonchev–Trinajstić information content (AvgIpc) is 2.74. The van der Waals surface area contributed by atoms with Gasteiger partial charge in [-0.2, -0.15) is 0 Å². The highest BCUT2D eigenvalue weighted by atomic mass is 15.2. The second-order valence-electron chi connectivity index (χ2n) is 4.68. The van der Waals surface area contributed by atoms with E-state index in [1.807, 2.05) is 0 Å². The highest BCUT2D eigenvalue weighted by Crippen LogP contribution is 2.31. The van der Waals surface area contributed by atoms with Crippen molar-refractivity contribution in [2.75, 3.05) is 19.6 Å². The van der Waals surface area contributed by atoms with Crippen molar-refractivity contribution >= 4 is 0 Å². The molecule has 0 bridgehead atoms. The molecule has 1 N–H and O–H groups in total. The maximum absolute atomic E-state index is 3.76. The van der Waals surface area contributed by atoms with Gasteiger partial charge in [0.1, 0.15) is 0 Å². The molecule has 15 heavy (non-hydrogen) atoms. The third-order valence-electron chi connectivity index (χ3n) is 4.20. The molecule has 0 aromatic rings. The van der Waals surface area contributed by atoms with E-state index in [2.05, 4.69) is 37.9 Å². The van der Waals surface area contributed by atoms with Gasteiger partial charge < -0.3 is 5.32 Å². The molecule has 1 atom stereocenters. The molecule has 1 heterocycles. The van der Waals surface area contributed by atoms with Crippen LogP contribution in [0.3, 0.4) is 0 Å². The first-order valence-electron chi connectivity index (χ1n) is 6.73. The summed E-state index contributed by atoms with van der Waals surface area (Å²) >= 11 is 0. The summed E-state index contributed by atoms with van der Waals surface area (Å²) < 4.78 is 0. The van der Waals surface area contributed by atoms with Crippen LogP contribution >= 0.6 is 0 Å². The van der Waals surface area contributed by atoms with Gasteiger partial charge in [-0.25, -0.2) is 0 Å². The van der Waals surface area contributed by atoms with Crippen LogP contribution < -0.4 is 5.32 Å². The monoisotopic (exact) mass is 212 g/mol. The van der Waals surface area contributed by atoms with Crippen molar-refractivity contribution in [1.82, 2.24) is 10.2 Å². The first-order valence-corrected chi connectivity index (χ1v) is 6.73. The Kier molecular flexibility index (Phi) is 5.07. The number of likely N-dealkylation sites (tertiary alicyclic amines) is 1. The van der Waals surface area contributed by atoms with Crippen molar-refractivity contribution in [3.8, 4) is 0 Å². The minimum Gasteiger partial charge on any atom is -0.310 e. The third-order valence-corrected chi connectivity index (χ3v) is 4.20. The van der Waals surface area contributed by atoms with Crippen LogP contribution in [0.2, 0.25) is 0 Å². The molecule has 0 aliphatic carbocycles. The molecular weight excluding hydrogens is 184 g/mol. The molecule has 0 spiro atoms. The molecule has 90 valence electrons. The molecule has 1 rings (SSSR count). The maximum Gasteiger partial charge on any atom is 0.0331 e. The van der Waals surface area contributed by atoms with E-state index in [0.29, 0.717) is 5.54 Å². The molecule has 1 saturated heterocycles. The van der Waals surface area contributed by atoms with E-state index in [9.17, 15) is 0 Å². The van der Waals surface area contributed by atoms with Gasteiger partial charge in [0.15, 0.2) is 0 Å². The minimum absolute atomic E-state index is 0.362. The van der Waals surface area contributed by atoms with E-state index in [1.54, 1.807) is 0 Å². The summed E-state index contributed by atoms with van der Waals surface area (Å²) in [4.78, 5) is 2.66. The second kappa shape index (κ2) is 5.86. The van der Waals surface area contributed by atoms with Crippen LogP contribution in [0.25, 0.3) is 0 Å². The standard InChI is InChI=1S/C13H28N2/c1-5-13(6-2,14-7-3)12-10-9-11-15(12)8-4/h12,14H,5-11H2,1-4H3. The van der Waals surface area contributed by atoms with E-state index in [-0.39, 0.29) is 0 Å². The molecule has 0 radical (unpaired) electrons. The van der Waals surface area contributed by atoms with Crippen LogP contribution in [0.5, 0.6) is 0 Å². The lowest BCUT2D eigenvalue weighted by Crippen LogP contribution is -2.58. The predicted molar refractivity (Wildman–Crippen MR) is 67.3 cm³/mol. The molecule has 1 fully saturated rings. The summed E-state index contributed by atoms with van der Waals surface area (Å²) in [5.41, 5.74) is 0.362. The number of hydrogen-bond acceptors (Lipinski definition) is 2. The van der Waals surface area contributed by atoms with Crippen molar-refractivity contribution < 1.29 is 0 Å². The maximum atomic E-state index is 3.76. The Labute approximate surface area is 95.4 Å². The summed E-state index contributed by atoms with van der Waals surface area (Å²) in [6.45, 7) is 12.8. The topological polar surface area (TPSA) is 15.3 Å². The summed E-state index contributed by atoms with van der Waals surface area (Å²) in [7, 11) is 0. The van der Waals surface area contributed by atoms with Gasteiger partial charge in [0.2, 0.25) is 0 Å². The predicted octanol–water partition coefficient (Wildman–Crippen LogP) is 2.64. The number of nitrogens with one attached hydrogen (secondary N) is 1. The summed E-state index contributed by atoms with van der Waals surface area (Å²) in [5, 5.41) is 3.76. The van der Waals surface area contributed by atoms with Crippen LogP contribution in [0, 0.1) is 0 Å². The fraction of sp³-hybridized carbons (Fsp3) is 1.00. The molecule has 0 aromatic heterocycles. The van der Waals surface area contributed by atoms with E-state index in [0.717, 1.165) is 12.6 Å². The van der Waals surface area contributed by atoms with Crippen molar-refractivity contribution in [3.05, 3.63) is 0 Å².